The van der Waals surface area contributed by atoms with E-state index in [1.165, 1.54) is 0 Å². The Balaban J connectivity index is 1.28. The first-order valence-electron chi connectivity index (χ1n) is 9.74. The van der Waals surface area contributed by atoms with E-state index in [0.29, 0.717) is 31.3 Å². The molecular formula is C22H22N4O4. The molecule has 1 N–H and O–H groups in total. The lowest BCUT2D eigenvalue weighted by molar-refractivity contribution is -0.126. The van der Waals surface area contributed by atoms with Crippen molar-refractivity contribution in [2.45, 2.75) is 12.8 Å². The minimum Gasteiger partial charge on any atom is -0.497 e. The molecule has 30 heavy (non-hydrogen) atoms. The average Bonchev–Trinajstić information content (AvgIpc) is 3.41. The second-order valence-corrected chi connectivity index (χ2v) is 7.01. The molecule has 0 aliphatic carbocycles. The number of amides is 2. The Morgan fingerprint density at radius 1 is 1.17 bits per heavy atom. The summed E-state index contributed by atoms with van der Waals surface area (Å²) in [6, 6.07) is 16.7. The highest BCUT2D eigenvalue weighted by atomic mass is 16.5. The van der Waals surface area contributed by atoms with Crippen LogP contribution in [0.25, 0.3) is 11.5 Å². The summed E-state index contributed by atoms with van der Waals surface area (Å²) in [6.45, 7) is 0.720. The number of methoxy groups -OCH3 is 1. The number of anilines is 1. The van der Waals surface area contributed by atoms with E-state index in [1.807, 2.05) is 42.5 Å². The zero-order valence-corrected chi connectivity index (χ0v) is 16.6. The Kier molecular flexibility index (Phi) is 5.74. The number of rotatable bonds is 7. The quantitative estimate of drug-likeness (QED) is 0.647. The third kappa shape index (κ3) is 4.32. The standard InChI is InChI=1S/C22H22N4O4/c1-29-18-9-7-17(8-10-18)26-14-16(13-20(26)27)21(28)23-12-11-19-24-25-22(30-19)15-5-3-2-4-6-15/h2-10,16H,11-14H2,1H3,(H,23,28). The highest BCUT2D eigenvalue weighted by molar-refractivity contribution is 6.00. The molecule has 0 bridgehead atoms. The summed E-state index contributed by atoms with van der Waals surface area (Å²) in [5, 5.41) is 10.9. The van der Waals surface area contributed by atoms with Gasteiger partial charge in [-0.15, -0.1) is 10.2 Å². The van der Waals surface area contributed by atoms with Gasteiger partial charge in [-0.05, 0) is 36.4 Å². The van der Waals surface area contributed by atoms with Crippen molar-refractivity contribution in [2.75, 3.05) is 25.1 Å². The molecular weight excluding hydrogens is 384 g/mol. The fourth-order valence-electron chi connectivity index (χ4n) is 3.38. The van der Waals surface area contributed by atoms with Crippen molar-refractivity contribution in [3.8, 4) is 17.2 Å². The Bertz CT molecular complexity index is 1020. The molecule has 0 spiro atoms. The third-order valence-corrected chi connectivity index (χ3v) is 5.01. The van der Waals surface area contributed by atoms with Crippen molar-refractivity contribution in [3.63, 3.8) is 0 Å². The summed E-state index contributed by atoms with van der Waals surface area (Å²) in [7, 11) is 1.59. The van der Waals surface area contributed by atoms with E-state index < -0.39 is 0 Å². The molecule has 2 heterocycles. The SMILES string of the molecule is COc1ccc(N2CC(C(=O)NCCc3nnc(-c4ccccc4)o3)CC2=O)cc1. The van der Waals surface area contributed by atoms with Gasteiger partial charge in [0.15, 0.2) is 0 Å². The van der Waals surface area contributed by atoms with Crippen LogP contribution >= 0.6 is 0 Å². The van der Waals surface area contributed by atoms with Gasteiger partial charge < -0.3 is 19.4 Å². The zero-order chi connectivity index (χ0) is 20.9. The normalized spacial score (nSPS) is 16.0. The van der Waals surface area contributed by atoms with Crippen LogP contribution in [-0.2, 0) is 16.0 Å². The molecule has 1 aliphatic rings. The van der Waals surface area contributed by atoms with E-state index in [2.05, 4.69) is 15.5 Å². The lowest BCUT2D eigenvalue weighted by atomic mass is 10.1. The first-order valence-corrected chi connectivity index (χ1v) is 9.74. The van der Waals surface area contributed by atoms with Crippen LogP contribution in [0.15, 0.2) is 59.0 Å². The van der Waals surface area contributed by atoms with Crippen molar-refractivity contribution >= 4 is 17.5 Å². The lowest BCUT2D eigenvalue weighted by Gasteiger charge is -2.17. The highest BCUT2D eigenvalue weighted by Crippen LogP contribution is 2.27. The number of aromatic nitrogens is 2. The van der Waals surface area contributed by atoms with Crippen LogP contribution in [0.4, 0.5) is 5.69 Å². The van der Waals surface area contributed by atoms with E-state index in [4.69, 9.17) is 9.15 Å². The molecule has 1 unspecified atom stereocenters. The molecule has 1 saturated heterocycles. The van der Waals surface area contributed by atoms with Gasteiger partial charge in [-0.25, -0.2) is 0 Å². The molecule has 0 saturated carbocycles. The summed E-state index contributed by atoms with van der Waals surface area (Å²) in [5.41, 5.74) is 1.61. The predicted octanol–water partition coefficient (Wildman–Crippen LogP) is 2.46. The number of benzene rings is 2. The monoisotopic (exact) mass is 406 g/mol. The molecule has 1 aliphatic heterocycles. The molecule has 0 radical (unpaired) electrons. The number of hydrogen-bond donors (Lipinski definition) is 1. The van der Waals surface area contributed by atoms with Gasteiger partial charge in [0.05, 0.1) is 13.0 Å². The topological polar surface area (TPSA) is 97.6 Å². The maximum absolute atomic E-state index is 12.5. The van der Waals surface area contributed by atoms with Crippen LogP contribution in [-0.4, -0.2) is 42.2 Å². The van der Waals surface area contributed by atoms with Crippen molar-refractivity contribution in [1.29, 1.82) is 0 Å². The summed E-state index contributed by atoms with van der Waals surface area (Å²) >= 11 is 0. The number of carbonyl (C=O) groups is 2. The molecule has 8 heteroatoms. The predicted molar refractivity (Wildman–Crippen MR) is 110 cm³/mol. The largest absolute Gasteiger partial charge is 0.497 e. The summed E-state index contributed by atoms with van der Waals surface area (Å²) < 4.78 is 10.8. The van der Waals surface area contributed by atoms with Gasteiger partial charge in [0.1, 0.15) is 5.75 Å². The van der Waals surface area contributed by atoms with Crippen molar-refractivity contribution in [2.24, 2.45) is 5.92 Å². The summed E-state index contributed by atoms with van der Waals surface area (Å²) in [4.78, 5) is 26.5. The van der Waals surface area contributed by atoms with Gasteiger partial charge in [-0.2, -0.15) is 0 Å². The van der Waals surface area contributed by atoms with Gasteiger partial charge in [0.25, 0.3) is 0 Å². The Hall–Kier alpha value is -3.68. The van der Waals surface area contributed by atoms with Gasteiger partial charge >= 0.3 is 0 Å². The first kappa shape index (κ1) is 19.6. The smallest absolute Gasteiger partial charge is 0.247 e. The van der Waals surface area contributed by atoms with Crippen LogP contribution in [0, 0.1) is 5.92 Å². The minimum absolute atomic E-state index is 0.0651. The lowest BCUT2D eigenvalue weighted by Crippen LogP contribution is -2.34. The van der Waals surface area contributed by atoms with Crippen LogP contribution in [0.3, 0.4) is 0 Å². The fourth-order valence-corrected chi connectivity index (χ4v) is 3.38. The van der Waals surface area contributed by atoms with Gasteiger partial charge in [0, 0.05) is 37.2 Å². The van der Waals surface area contributed by atoms with Gasteiger partial charge in [-0.1, -0.05) is 18.2 Å². The van der Waals surface area contributed by atoms with E-state index in [9.17, 15) is 9.59 Å². The Morgan fingerprint density at radius 2 is 1.93 bits per heavy atom. The minimum atomic E-state index is -0.387. The van der Waals surface area contributed by atoms with Crippen LogP contribution in [0.1, 0.15) is 12.3 Å². The van der Waals surface area contributed by atoms with Crippen molar-refractivity contribution in [1.82, 2.24) is 15.5 Å². The molecule has 8 nitrogen and oxygen atoms in total. The number of nitrogens with zero attached hydrogens (tertiary/aromatic N) is 3. The maximum atomic E-state index is 12.5. The molecule has 1 atom stereocenters. The van der Waals surface area contributed by atoms with E-state index >= 15 is 0 Å². The van der Waals surface area contributed by atoms with Gasteiger partial charge in [0.2, 0.25) is 23.6 Å². The molecule has 1 aromatic heterocycles. The molecule has 1 fully saturated rings. The third-order valence-electron chi connectivity index (χ3n) is 5.01. The van der Waals surface area contributed by atoms with Gasteiger partial charge in [-0.3, -0.25) is 9.59 Å². The highest BCUT2D eigenvalue weighted by Gasteiger charge is 2.35. The first-order chi connectivity index (χ1) is 14.6. The maximum Gasteiger partial charge on any atom is 0.247 e. The summed E-state index contributed by atoms with van der Waals surface area (Å²) in [6.07, 6.45) is 0.616. The van der Waals surface area contributed by atoms with Crippen LogP contribution < -0.4 is 15.0 Å². The molecule has 2 aromatic carbocycles. The molecule has 3 aromatic rings. The van der Waals surface area contributed by atoms with Crippen LogP contribution in [0.2, 0.25) is 0 Å². The fraction of sp³-hybridized carbons (Fsp3) is 0.273. The molecule has 2 amide bonds. The average molecular weight is 406 g/mol. The number of nitrogens with one attached hydrogen (secondary N) is 1. The number of ether oxygens (including phenoxy) is 1. The van der Waals surface area contributed by atoms with E-state index in [0.717, 1.165) is 17.0 Å². The number of hydrogen-bond acceptors (Lipinski definition) is 6. The van der Waals surface area contributed by atoms with Crippen molar-refractivity contribution < 1.29 is 18.7 Å². The Labute approximate surface area is 173 Å². The van der Waals surface area contributed by atoms with E-state index in [-0.39, 0.29) is 24.2 Å². The summed E-state index contributed by atoms with van der Waals surface area (Å²) in [5.74, 6) is 1.02. The second-order valence-electron chi connectivity index (χ2n) is 7.01. The van der Waals surface area contributed by atoms with Crippen LogP contribution in [0.5, 0.6) is 5.75 Å². The molecule has 154 valence electrons. The number of carbonyl (C=O) groups excluding carboxylic acids is 2. The Morgan fingerprint density at radius 3 is 2.67 bits per heavy atom. The zero-order valence-electron chi connectivity index (χ0n) is 16.6. The second kappa shape index (κ2) is 8.77. The van der Waals surface area contributed by atoms with E-state index in [1.54, 1.807) is 24.1 Å². The van der Waals surface area contributed by atoms with Crippen molar-refractivity contribution in [3.05, 3.63) is 60.5 Å². The molecule has 4 rings (SSSR count).